The van der Waals surface area contributed by atoms with E-state index in [1.807, 2.05) is 6.07 Å². The molecule has 1 unspecified atom stereocenters. The molecule has 1 N–H and O–H groups in total. The number of nitrogens with one attached hydrogen (secondary N) is 1. The van der Waals surface area contributed by atoms with Crippen molar-refractivity contribution in [2.45, 2.75) is 25.4 Å². The Balaban J connectivity index is 1.56. The Morgan fingerprint density at radius 1 is 1.35 bits per heavy atom. The fourth-order valence-corrected chi connectivity index (χ4v) is 2.40. The van der Waals surface area contributed by atoms with Crippen molar-refractivity contribution in [2.24, 2.45) is 5.16 Å². The zero-order valence-electron chi connectivity index (χ0n) is 12.7. The van der Waals surface area contributed by atoms with Crippen LogP contribution >= 0.6 is 0 Å². The molecule has 3 rings (SSSR count). The van der Waals surface area contributed by atoms with Gasteiger partial charge in [0.15, 0.2) is 0 Å². The van der Waals surface area contributed by atoms with Gasteiger partial charge >= 0.3 is 0 Å². The van der Waals surface area contributed by atoms with E-state index < -0.39 is 5.60 Å². The Kier molecular flexibility index (Phi) is 4.14. The van der Waals surface area contributed by atoms with Crippen molar-refractivity contribution < 1.29 is 18.4 Å². The molecule has 23 heavy (non-hydrogen) atoms. The minimum Gasteiger partial charge on any atom is -0.469 e. The summed E-state index contributed by atoms with van der Waals surface area (Å²) in [5.41, 5.74) is 0.333. The molecule has 1 aromatic heterocycles. The number of rotatable bonds is 5. The zero-order valence-corrected chi connectivity index (χ0v) is 12.7. The predicted molar refractivity (Wildman–Crippen MR) is 82.5 cm³/mol. The first-order valence-corrected chi connectivity index (χ1v) is 7.38. The molecule has 0 bridgehead atoms. The SMILES string of the molecule is CC1(C(=O)NCCc2ccco2)CC(c2ccc(F)cc2)=NO1. The molecular weight excluding hydrogens is 299 g/mol. The van der Waals surface area contributed by atoms with Crippen molar-refractivity contribution >= 4 is 11.6 Å². The highest BCUT2D eigenvalue weighted by Gasteiger charge is 2.42. The summed E-state index contributed by atoms with van der Waals surface area (Å²) in [6, 6.07) is 9.63. The molecule has 1 atom stereocenters. The van der Waals surface area contributed by atoms with Crippen molar-refractivity contribution in [3.63, 3.8) is 0 Å². The summed E-state index contributed by atoms with van der Waals surface area (Å²) in [4.78, 5) is 17.7. The number of furan rings is 1. The van der Waals surface area contributed by atoms with Crippen molar-refractivity contribution in [3.8, 4) is 0 Å². The molecule has 0 saturated heterocycles. The molecule has 5 nitrogen and oxygen atoms in total. The number of oxime groups is 1. The fraction of sp³-hybridized carbons (Fsp3) is 0.294. The van der Waals surface area contributed by atoms with Crippen LogP contribution in [0.3, 0.4) is 0 Å². The van der Waals surface area contributed by atoms with Crippen molar-refractivity contribution in [1.82, 2.24) is 5.32 Å². The van der Waals surface area contributed by atoms with Gasteiger partial charge in [0.1, 0.15) is 11.6 Å². The van der Waals surface area contributed by atoms with Crippen LogP contribution in [-0.2, 0) is 16.1 Å². The van der Waals surface area contributed by atoms with E-state index in [1.54, 1.807) is 31.4 Å². The van der Waals surface area contributed by atoms with Gasteiger partial charge in [-0.1, -0.05) is 17.3 Å². The summed E-state index contributed by atoms with van der Waals surface area (Å²) in [7, 11) is 0. The van der Waals surface area contributed by atoms with Gasteiger partial charge in [-0.25, -0.2) is 4.39 Å². The third-order valence-corrected chi connectivity index (χ3v) is 3.76. The van der Waals surface area contributed by atoms with Gasteiger partial charge < -0.3 is 14.6 Å². The average Bonchev–Trinajstić information content (AvgIpc) is 3.18. The summed E-state index contributed by atoms with van der Waals surface area (Å²) >= 11 is 0. The van der Waals surface area contributed by atoms with E-state index in [0.717, 1.165) is 11.3 Å². The second-order valence-electron chi connectivity index (χ2n) is 5.63. The maximum absolute atomic E-state index is 13.0. The van der Waals surface area contributed by atoms with Gasteiger partial charge in [0.2, 0.25) is 5.60 Å². The van der Waals surface area contributed by atoms with Crippen LogP contribution in [0.2, 0.25) is 0 Å². The second-order valence-corrected chi connectivity index (χ2v) is 5.63. The maximum Gasteiger partial charge on any atom is 0.267 e. The first-order valence-electron chi connectivity index (χ1n) is 7.38. The largest absolute Gasteiger partial charge is 0.469 e. The van der Waals surface area contributed by atoms with Gasteiger partial charge in [0.25, 0.3) is 5.91 Å². The molecule has 0 aliphatic carbocycles. The minimum absolute atomic E-state index is 0.232. The fourth-order valence-electron chi connectivity index (χ4n) is 2.40. The number of benzene rings is 1. The number of hydrogen-bond donors (Lipinski definition) is 1. The lowest BCUT2D eigenvalue weighted by Crippen LogP contribution is -2.45. The number of hydrogen-bond acceptors (Lipinski definition) is 4. The highest BCUT2D eigenvalue weighted by atomic mass is 19.1. The molecule has 1 amide bonds. The highest BCUT2D eigenvalue weighted by Crippen LogP contribution is 2.26. The first-order chi connectivity index (χ1) is 11.1. The van der Waals surface area contributed by atoms with Crippen LogP contribution < -0.4 is 5.32 Å². The van der Waals surface area contributed by atoms with Gasteiger partial charge in [0, 0.05) is 19.4 Å². The third kappa shape index (κ3) is 3.41. The van der Waals surface area contributed by atoms with Gasteiger partial charge in [-0.3, -0.25) is 4.79 Å². The Hall–Kier alpha value is -2.63. The number of amides is 1. The van der Waals surface area contributed by atoms with Gasteiger partial charge in [-0.2, -0.15) is 0 Å². The minimum atomic E-state index is -1.05. The molecule has 2 aromatic rings. The molecule has 1 aliphatic heterocycles. The van der Waals surface area contributed by atoms with Gasteiger partial charge in [-0.15, -0.1) is 0 Å². The van der Waals surface area contributed by atoms with Crippen LogP contribution in [0.4, 0.5) is 4.39 Å². The molecule has 0 radical (unpaired) electrons. The number of nitrogens with zero attached hydrogens (tertiary/aromatic N) is 1. The lowest BCUT2D eigenvalue weighted by molar-refractivity contribution is -0.141. The van der Waals surface area contributed by atoms with E-state index in [2.05, 4.69) is 10.5 Å². The summed E-state index contributed by atoms with van der Waals surface area (Å²) in [6.07, 6.45) is 2.55. The quantitative estimate of drug-likeness (QED) is 0.922. The van der Waals surface area contributed by atoms with E-state index in [9.17, 15) is 9.18 Å². The van der Waals surface area contributed by atoms with E-state index in [4.69, 9.17) is 9.25 Å². The van der Waals surface area contributed by atoms with E-state index in [1.165, 1.54) is 12.1 Å². The van der Waals surface area contributed by atoms with E-state index in [-0.39, 0.29) is 11.7 Å². The molecule has 120 valence electrons. The molecule has 1 aliphatic rings. The van der Waals surface area contributed by atoms with Crippen LogP contribution in [0.15, 0.2) is 52.2 Å². The predicted octanol–water partition coefficient (Wildman–Crippen LogP) is 2.66. The van der Waals surface area contributed by atoms with Crippen LogP contribution in [-0.4, -0.2) is 23.8 Å². The van der Waals surface area contributed by atoms with Crippen molar-refractivity contribution in [1.29, 1.82) is 0 Å². The van der Waals surface area contributed by atoms with Crippen LogP contribution in [0, 0.1) is 5.82 Å². The molecule has 0 fully saturated rings. The number of halogens is 1. The van der Waals surface area contributed by atoms with Gasteiger partial charge in [-0.05, 0) is 36.8 Å². The molecule has 6 heteroatoms. The Bertz CT molecular complexity index is 710. The molecular formula is C17H17FN2O3. The van der Waals surface area contributed by atoms with Crippen molar-refractivity contribution in [3.05, 3.63) is 59.8 Å². The Morgan fingerprint density at radius 3 is 2.83 bits per heavy atom. The molecule has 1 aromatic carbocycles. The Morgan fingerprint density at radius 2 is 2.13 bits per heavy atom. The summed E-state index contributed by atoms with van der Waals surface area (Å²) in [5, 5.41) is 6.81. The van der Waals surface area contributed by atoms with Crippen LogP contribution in [0.5, 0.6) is 0 Å². The van der Waals surface area contributed by atoms with Crippen molar-refractivity contribution in [2.75, 3.05) is 6.54 Å². The van der Waals surface area contributed by atoms with Crippen LogP contribution in [0.25, 0.3) is 0 Å². The van der Waals surface area contributed by atoms with E-state index >= 15 is 0 Å². The number of carbonyl (C=O) groups excluding carboxylic acids is 1. The molecule has 2 heterocycles. The summed E-state index contributed by atoms with van der Waals surface area (Å²) < 4.78 is 18.2. The van der Waals surface area contributed by atoms with E-state index in [0.29, 0.717) is 25.1 Å². The summed E-state index contributed by atoms with van der Waals surface area (Å²) in [5.74, 6) is 0.266. The third-order valence-electron chi connectivity index (χ3n) is 3.76. The Labute approximate surface area is 133 Å². The second kappa shape index (κ2) is 6.24. The molecule has 0 spiro atoms. The monoisotopic (exact) mass is 316 g/mol. The lowest BCUT2D eigenvalue weighted by atomic mass is 9.95. The van der Waals surface area contributed by atoms with Gasteiger partial charge in [0.05, 0.1) is 12.0 Å². The normalized spacial score (nSPS) is 20.0. The topological polar surface area (TPSA) is 63.8 Å². The first kappa shape index (κ1) is 15.3. The lowest BCUT2D eigenvalue weighted by Gasteiger charge is -2.20. The average molecular weight is 316 g/mol. The standard InChI is InChI=1S/C17H17FN2O3/c1-17(16(21)19-9-8-14-3-2-10-22-14)11-15(20-23-17)12-4-6-13(18)7-5-12/h2-7,10H,8-9,11H2,1H3,(H,19,21). The highest BCUT2D eigenvalue weighted by molar-refractivity contribution is 6.05. The zero-order chi connectivity index (χ0) is 16.3. The maximum atomic E-state index is 13.0. The van der Waals surface area contributed by atoms with Crippen LogP contribution in [0.1, 0.15) is 24.7 Å². The number of carbonyl (C=O) groups is 1. The smallest absolute Gasteiger partial charge is 0.267 e. The summed E-state index contributed by atoms with van der Waals surface area (Å²) in [6.45, 7) is 2.15. The molecule has 0 saturated carbocycles.